The molecule has 3 rings (SSSR count). The van der Waals surface area contributed by atoms with Crippen LogP contribution in [0.4, 0.5) is 0 Å². The molecule has 0 aliphatic rings. The van der Waals surface area contributed by atoms with Gasteiger partial charge in [-0.2, -0.15) is 0 Å². The largest absolute Gasteiger partial charge is 1.00 e. The Labute approximate surface area is 150 Å². The van der Waals surface area contributed by atoms with E-state index < -0.39 is 7.92 Å². The summed E-state index contributed by atoms with van der Waals surface area (Å²) in [5.74, 6) is 0. The molecule has 114 valence electrons. The van der Waals surface area contributed by atoms with Crippen LogP contribution in [-0.2, 0) is 22.4 Å². The first-order chi connectivity index (χ1) is 10.4. The normalized spacial score (nSPS) is 9.32. The van der Waals surface area contributed by atoms with Gasteiger partial charge in [0.05, 0.1) is 0 Å². The minimum atomic E-state index is -0.446. The predicted octanol–water partition coefficient (Wildman–Crippen LogP) is 4.05. The molecule has 0 fully saturated rings. The van der Waals surface area contributed by atoms with Gasteiger partial charge in [0.2, 0.25) is 0 Å². The van der Waals surface area contributed by atoms with Crippen LogP contribution in [-0.4, -0.2) is 0 Å². The SMILES string of the molecule is [Au+].[CH-]=C.c1ccc(P(c2ccccc2)c2ccccc2)cc1. The van der Waals surface area contributed by atoms with E-state index >= 15 is 0 Å². The van der Waals surface area contributed by atoms with Gasteiger partial charge in [0.1, 0.15) is 0 Å². The number of benzene rings is 3. The molecule has 0 radical (unpaired) electrons. The van der Waals surface area contributed by atoms with Gasteiger partial charge in [-0.05, 0) is 23.8 Å². The van der Waals surface area contributed by atoms with Crippen LogP contribution in [0, 0.1) is 6.58 Å². The Bertz CT molecular complexity index is 544. The van der Waals surface area contributed by atoms with Crippen molar-refractivity contribution in [2.75, 3.05) is 0 Å². The van der Waals surface area contributed by atoms with Crippen LogP contribution in [0.15, 0.2) is 97.6 Å². The van der Waals surface area contributed by atoms with Gasteiger partial charge >= 0.3 is 22.4 Å². The van der Waals surface area contributed by atoms with E-state index in [-0.39, 0.29) is 22.4 Å². The number of rotatable bonds is 3. The summed E-state index contributed by atoms with van der Waals surface area (Å²) >= 11 is 0. The zero-order valence-electron chi connectivity index (χ0n) is 12.2. The molecule has 0 amide bonds. The van der Waals surface area contributed by atoms with E-state index in [0.29, 0.717) is 0 Å². The maximum absolute atomic E-state index is 4.25. The Morgan fingerprint density at radius 3 is 0.955 bits per heavy atom. The summed E-state index contributed by atoms with van der Waals surface area (Å²) < 4.78 is 0. The van der Waals surface area contributed by atoms with Crippen LogP contribution < -0.4 is 15.9 Å². The molecule has 0 saturated carbocycles. The summed E-state index contributed by atoms with van der Waals surface area (Å²) in [5.41, 5.74) is 0. The summed E-state index contributed by atoms with van der Waals surface area (Å²) in [4.78, 5) is 0. The zero-order valence-corrected chi connectivity index (χ0v) is 15.3. The molecule has 0 saturated heterocycles. The van der Waals surface area contributed by atoms with E-state index in [1.807, 2.05) is 0 Å². The molecule has 0 spiro atoms. The van der Waals surface area contributed by atoms with Crippen LogP contribution in [0.25, 0.3) is 0 Å². The summed E-state index contributed by atoms with van der Waals surface area (Å²) in [7, 11) is -0.446. The van der Waals surface area contributed by atoms with Crippen molar-refractivity contribution in [2.24, 2.45) is 0 Å². The molecule has 0 aromatic heterocycles. The Kier molecular flexibility index (Phi) is 8.74. The molecule has 0 aliphatic carbocycles. The first-order valence-electron chi connectivity index (χ1n) is 6.81. The molecule has 0 N–H and O–H groups in total. The molecule has 2 heteroatoms. The van der Waals surface area contributed by atoms with Crippen molar-refractivity contribution < 1.29 is 22.4 Å². The summed E-state index contributed by atoms with van der Waals surface area (Å²) in [5, 5.41) is 4.19. The molecular formula is C20H18AuP. The minimum Gasteiger partial charge on any atom is -0.521 e. The van der Waals surface area contributed by atoms with E-state index in [2.05, 4.69) is 104 Å². The van der Waals surface area contributed by atoms with Crippen LogP contribution in [0.2, 0.25) is 0 Å². The third-order valence-corrected chi connectivity index (χ3v) is 5.49. The minimum absolute atomic E-state index is 0. The second-order valence-electron chi connectivity index (χ2n) is 4.34. The third kappa shape index (κ3) is 4.80. The van der Waals surface area contributed by atoms with Gasteiger partial charge in [0, 0.05) is 0 Å². The van der Waals surface area contributed by atoms with Gasteiger partial charge in [-0.15, -0.1) is 0 Å². The first-order valence-corrected chi connectivity index (χ1v) is 8.15. The maximum atomic E-state index is 4.25. The van der Waals surface area contributed by atoms with E-state index in [1.165, 1.54) is 15.9 Å². The number of hydrogen-bond donors (Lipinski definition) is 0. The monoisotopic (exact) mass is 486 g/mol. The maximum Gasteiger partial charge on any atom is 1.00 e. The van der Waals surface area contributed by atoms with Gasteiger partial charge in [0.15, 0.2) is 0 Å². The second kappa shape index (κ2) is 10.3. The van der Waals surface area contributed by atoms with E-state index in [9.17, 15) is 0 Å². The van der Waals surface area contributed by atoms with Gasteiger partial charge in [-0.1, -0.05) is 91.0 Å². The van der Waals surface area contributed by atoms with Crippen molar-refractivity contribution in [1.29, 1.82) is 0 Å². The van der Waals surface area contributed by atoms with Crippen molar-refractivity contribution in [3.8, 4) is 0 Å². The van der Waals surface area contributed by atoms with E-state index in [1.54, 1.807) is 0 Å². The summed E-state index contributed by atoms with van der Waals surface area (Å²) in [6.45, 7) is 7.00. The fraction of sp³-hybridized carbons (Fsp3) is 0. The Morgan fingerprint density at radius 2 is 0.727 bits per heavy atom. The molecule has 0 bridgehead atoms. The molecule has 3 aromatic rings. The summed E-state index contributed by atoms with van der Waals surface area (Å²) in [6, 6.07) is 32.3. The molecule has 3 aromatic carbocycles. The van der Waals surface area contributed by atoms with E-state index in [0.717, 1.165) is 0 Å². The Morgan fingerprint density at radius 1 is 0.500 bits per heavy atom. The standard InChI is InChI=1S/C18H15P.C2H3.Au/c1-4-10-16(11-5-1)19(17-12-6-2-7-13-17)18-14-8-3-9-15-18;1-2;/h1-15H;1H,2H2;/q;-1;+1. The van der Waals surface area contributed by atoms with Gasteiger partial charge < -0.3 is 6.58 Å². The average molecular weight is 486 g/mol. The second-order valence-corrected chi connectivity index (χ2v) is 6.56. The fourth-order valence-electron chi connectivity index (χ4n) is 2.18. The van der Waals surface area contributed by atoms with Crippen molar-refractivity contribution in [1.82, 2.24) is 0 Å². The average Bonchev–Trinajstić information content (AvgIpc) is 2.60. The number of hydrogen-bond acceptors (Lipinski definition) is 0. The van der Waals surface area contributed by atoms with E-state index in [4.69, 9.17) is 0 Å². The topological polar surface area (TPSA) is 0 Å². The van der Waals surface area contributed by atoms with Crippen molar-refractivity contribution in [3.05, 3.63) is 104 Å². The first kappa shape index (κ1) is 18.6. The van der Waals surface area contributed by atoms with Gasteiger partial charge in [-0.3, -0.25) is 6.58 Å². The van der Waals surface area contributed by atoms with Gasteiger partial charge in [0.25, 0.3) is 0 Å². The van der Waals surface area contributed by atoms with Crippen LogP contribution in [0.5, 0.6) is 0 Å². The predicted molar refractivity (Wildman–Crippen MR) is 95.1 cm³/mol. The molecule has 0 nitrogen and oxygen atoms in total. The van der Waals surface area contributed by atoms with Crippen LogP contribution in [0.1, 0.15) is 0 Å². The van der Waals surface area contributed by atoms with Crippen LogP contribution >= 0.6 is 7.92 Å². The van der Waals surface area contributed by atoms with Crippen molar-refractivity contribution in [3.63, 3.8) is 0 Å². The van der Waals surface area contributed by atoms with Crippen molar-refractivity contribution in [2.45, 2.75) is 0 Å². The molecular weight excluding hydrogens is 468 g/mol. The van der Waals surface area contributed by atoms with Crippen LogP contribution in [0.3, 0.4) is 0 Å². The smallest absolute Gasteiger partial charge is 0.521 e. The molecule has 0 unspecified atom stereocenters. The summed E-state index contributed by atoms with van der Waals surface area (Å²) in [6.07, 6.45) is 0. The molecule has 0 heterocycles. The van der Waals surface area contributed by atoms with Crippen molar-refractivity contribution >= 4 is 23.8 Å². The third-order valence-electron chi connectivity index (χ3n) is 3.04. The molecule has 0 atom stereocenters. The molecule has 22 heavy (non-hydrogen) atoms. The quantitative estimate of drug-likeness (QED) is 0.298. The molecule has 0 aliphatic heterocycles. The van der Waals surface area contributed by atoms with Gasteiger partial charge in [-0.25, -0.2) is 0 Å². The Hall–Kier alpha value is -1.43. The zero-order chi connectivity index (χ0) is 14.9. The Balaban J connectivity index is 0.000000775. The fourth-order valence-corrected chi connectivity index (χ4v) is 4.48.